The maximum Gasteiger partial charge on any atom is 0.228 e. The van der Waals surface area contributed by atoms with Gasteiger partial charge in [-0.2, -0.15) is 0 Å². The first kappa shape index (κ1) is 18.5. The Labute approximate surface area is 161 Å². The first-order valence-electron chi connectivity index (χ1n) is 10.4. The SMILES string of the molecule is O=C(CCc1ccccc1)N1C[C@H](C(=O)N2CCCC2)C2(CCOCC2)C1. The van der Waals surface area contributed by atoms with Gasteiger partial charge in [0.2, 0.25) is 11.8 Å². The predicted octanol–water partition coefficient (Wildman–Crippen LogP) is 2.50. The molecule has 5 nitrogen and oxygen atoms in total. The zero-order valence-corrected chi connectivity index (χ0v) is 16.1. The third kappa shape index (κ3) is 3.88. The van der Waals surface area contributed by atoms with Crippen LogP contribution in [0.1, 0.15) is 37.7 Å². The van der Waals surface area contributed by atoms with E-state index < -0.39 is 0 Å². The van der Waals surface area contributed by atoms with Crippen LogP contribution < -0.4 is 0 Å². The third-order valence-corrected chi connectivity index (χ3v) is 6.68. The summed E-state index contributed by atoms with van der Waals surface area (Å²) >= 11 is 0. The number of nitrogens with zero attached hydrogens (tertiary/aromatic N) is 2. The van der Waals surface area contributed by atoms with Crippen LogP contribution >= 0.6 is 0 Å². The van der Waals surface area contributed by atoms with Gasteiger partial charge in [0, 0.05) is 51.2 Å². The Morgan fingerprint density at radius 3 is 2.44 bits per heavy atom. The lowest BCUT2D eigenvalue weighted by atomic mass is 9.71. The maximum atomic E-state index is 13.2. The molecule has 1 atom stereocenters. The number of amides is 2. The Hall–Kier alpha value is -1.88. The van der Waals surface area contributed by atoms with E-state index in [-0.39, 0.29) is 23.1 Å². The molecule has 3 heterocycles. The molecule has 3 saturated heterocycles. The molecule has 0 aliphatic carbocycles. The fourth-order valence-corrected chi connectivity index (χ4v) is 5.00. The quantitative estimate of drug-likeness (QED) is 0.818. The second-order valence-electron chi connectivity index (χ2n) is 8.32. The highest BCUT2D eigenvalue weighted by molar-refractivity contribution is 5.83. The second kappa shape index (κ2) is 8.01. The van der Waals surface area contributed by atoms with E-state index in [4.69, 9.17) is 4.74 Å². The van der Waals surface area contributed by atoms with Gasteiger partial charge >= 0.3 is 0 Å². The van der Waals surface area contributed by atoms with Crippen molar-refractivity contribution in [1.29, 1.82) is 0 Å². The molecule has 0 aromatic heterocycles. The van der Waals surface area contributed by atoms with E-state index in [1.165, 1.54) is 5.56 Å². The normalized spacial score (nSPS) is 24.5. The van der Waals surface area contributed by atoms with Gasteiger partial charge in [-0.3, -0.25) is 9.59 Å². The molecule has 1 spiro atoms. The summed E-state index contributed by atoms with van der Waals surface area (Å²) in [4.78, 5) is 30.1. The van der Waals surface area contributed by atoms with Gasteiger partial charge in [-0.15, -0.1) is 0 Å². The topological polar surface area (TPSA) is 49.9 Å². The Bertz CT molecular complexity index is 663. The number of hydrogen-bond donors (Lipinski definition) is 0. The van der Waals surface area contributed by atoms with Crippen LogP contribution in [0.2, 0.25) is 0 Å². The van der Waals surface area contributed by atoms with E-state index in [0.29, 0.717) is 32.7 Å². The second-order valence-corrected chi connectivity index (χ2v) is 8.32. The molecular weight excluding hydrogens is 340 g/mol. The lowest BCUT2D eigenvalue weighted by Gasteiger charge is -2.38. The van der Waals surface area contributed by atoms with Crippen molar-refractivity contribution in [3.8, 4) is 0 Å². The molecule has 4 rings (SSSR count). The zero-order valence-electron chi connectivity index (χ0n) is 16.1. The molecule has 0 unspecified atom stereocenters. The Balaban J connectivity index is 1.44. The minimum atomic E-state index is -0.0830. The molecule has 3 aliphatic heterocycles. The maximum absolute atomic E-state index is 13.2. The van der Waals surface area contributed by atoms with E-state index in [1.807, 2.05) is 28.0 Å². The average molecular weight is 370 g/mol. The van der Waals surface area contributed by atoms with E-state index >= 15 is 0 Å². The molecule has 3 fully saturated rings. The van der Waals surface area contributed by atoms with Crippen molar-refractivity contribution in [3.63, 3.8) is 0 Å². The highest BCUT2D eigenvalue weighted by Crippen LogP contribution is 2.45. The number of carbonyl (C=O) groups is 2. The molecule has 0 bridgehead atoms. The summed E-state index contributed by atoms with van der Waals surface area (Å²) in [6, 6.07) is 10.2. The van der Waals surface area contributed by atoms with E-state index in [1.54, 1.807) is 0 Å². The Kier molecular flexibility index (Phi) is 5.48. The van der Waals surface area contributed by atoms with E-state index in [0.717, 1.165) is 45.2 Å². The van der Waals surface area contributed by atoms with Gasteiger partial charge < -0.3 is 14.5 Å². The highest BCUT2D eigenvalue weighted by Gasteiger charge is 2.52. The average Bonchev–Trinajstić information content (AvgIpc) is 3.36. The first-order chi connectivity index (χ1) is 13.2. The van der Waals surface area contributed by atoms with E-state index in [2.05, 4.69) is 12.1 Å². The largest absolute Gasteiger partial charge is 0.381 e. The van der Waals surface area contributed by atoms with Crippen molar-refractivity contribution in [2.75, 3.05) is 39.4 Å². The van der Waals surface area contributed by atoms with E-state index in [9.17, 15) is 9.59 Å². The van der Waals surface area contributed by atoms with Crippen LogP contribution in [0.3, 0.4) is 0 Å². The lowest BCUT2D eigenvalue weighted by molar-refractivity contribution is -0.139. The highest BCUT2D eigenvalue weighted by atomic mass is 16.5. The summed E-state index contributed by atoms with van der Waals surface area (Å²) in [5.74, 6) is 0.398. The van der Waals surface area contributed by atoms with Crippen LogP contribution in [0, 0.1) is 11.3 Å². The number of likely N-dealkylation sites (tertiary alicyclic amines) is 2. The molecule has 27 heavy (non-hydrogen) atoms. The van der Waals surface area contributed by atoms with Crippen molar-refractivity contribution in [3.05, 3.63) is 35.9 Å². The predicted molar refractivity (Wildman–Crippen MR) is 103 cm³/mol. The summed E-state index contributed by atoms with van der Waals surface area (Å²) in [5.41, 5.74) is 1.11. The fourth-order valence-electron chi connectivity index (χ4n) is 5.00. The van der Waals surface area contributed by atoms with Gasteiger partial charge in [0.05, 0.1) is 5.92 Å². The molecule has 1 aromatic carbocycles. The minimum Gasteiger partial charge on any atom is -0.381 e. The van der Waals surface area contributed by atoms with Crippen LogP contribution in [-0.4, -0.2) is 61.0 Å². The summed E-state index contributed by atoms with van der Waals surface area (Å²) in [6.45, 7) is 4.47. The van der Waals surface area contributed by atoms with Gasteiger partial charge in [0.15, 0.2) is 0 Å². The summed E-state index contributed by atoms with van der Waals surface area (Å²) in [6.07, 6.45) is 5.26. The monoisotopic (exact) mass is 370 g/mol. The number of aryl methyl sites for hydroxylation is 1. The van der Waals surface area contributed by atoms with Crippen LogP contribution in [0.4, 0.5) is 0 Å². The lowest BCUT2D eigenvalue weighted by Crippen LogP contribution is -2.45. The fraction of sp³-hybridized carbons (Fsp3) is 0.636. The number of carbonyl (C=O) groups excluding carboxylic acids is 2. The standard InChI is InChI=1S/C22H30N2O3/c25-20(9-8-18-6-2-1-3-7-18)24-16-19(21(26)23-12-4-5-13-23)22(17-24)10-14-27-15-11-22/h1-3,6-7,19H,4-5,8-17H2/t19-/m1/s1. The van der Waals surface area contributed by atoms with Crippen LogP contribution in [0.5, 0.6) is 0 Å². The van der Waals surface area contributed by atoms with Crippen LogP contribution in [0.15, 0.2) is 30.3 Å². The molecule has 146 valence electrons. The van der Waals surface area contributed by atoms with Crippen molar-refractivity contribution in [2.24, 2.45) is 11.3 Å². The van der Waals surface area contributed by atoms with Gasteiger partial charge in [-0.05, 0) is 37.7 Å². The molecule has 0 N–H and O–H groups in total. The van der Waals surface area contributed by atoms with Crippen molar-refractivity contribution >= 4 is 11.8 Å². The van der Waals surface area contributed by atoms with Crippen LogP contribution in [-0.2, 0) is 20.7 Å². The minimum absolute atomic E-state index is 0.0554. The molecule has 0 saturated carbocycles. The molecular formula is C22H30N2O3. The number of benzene rings is 1. The number of ether oxygens (including phenoxy) is 1. The zero-order chi connectivity index (χ0) is 18.7. The smallest absolute Gasteiger partial charge is 0.228 e. The van der Waals surface area contributed by atoms with Gasteiger partial charge in [0.25, 0.3) is 0 Å². The molecule has 5 heteroatoms. The first-order valence-corrected chi connectivity index (χ1v) is 10.4. The van der Waals surface area contributed by atoms with Crippen molar-refractivity contribution < 1.29 is 14.3 Å². The summed E-state index contributed by atoms with van der Waals surface area (Å²) in [7, 11) is 0. The van der Waals surface area contributed by atoms with Crippen molar-refractivity contribution in [1.82, 2.24) is 9.80 Å². The van der Waals surface area contributed by atoms with Crippen LogP contribution in [0.25, 0.3) is 0 Å². The Morgan fingerprint density at radius 2 is 1.74 bits per heavy atom. The summed E-state index contributed by atoms with van der Waals surface area (Å²) in [5, 5.41) is 0. The molecule has 1 aromatic rings. The summed E-state index contributed by atoms with van der Waals surface area (Å²) < 4.78 is 5.58. The van der Waals surface area contributed by atoms with Gasteiger partial charge in [0.1, 0.15) is 0 Å². The number of hydrogen-bond acceptors (Lipinski definition) is 3. The number of rotatable bonds is 4. The van der Waals surface area contributed by atoms with Crippen molar-refractivity contribution in [2.45, 2.75) is 38.5 Å². The van der Waals surface area contributed by atoms with Gasteiger partial charge in [-0.1, -0.05) is 30.3 Å². The van der Waals surface area contributed by atoms with Gasteiger partial charge in [-0.25, -0.2) is 0 Å². The third-order valence-electron chi connectivity index (χ3n) is 6.68. The molecule has 2 amide bonds. The molecule has 0 radical (unpaired) electrons. The Morgan fingerprint density at radius 1 is 1.04 bits per heavy atom. The molecule has 3 aliphatic rings.